The van der Waals surface area contributed by atoms with Gasteiger partial charge >= 0.3 is 17.9 Å². The number of aliphatic hydroxyl groups is 1. The van der Waals surface area contributed by atoms with Gasteiger partial charge in [0.15, 0.2) is 6.10 Å². The maximum Gasteiger partial charge on any atom is 0.344 e. The zero-order valence-corrected chi connectivity index (χ0v) is 35.7. The minimum atomic E-state index is -2.93. The van der Waals surface area contributed by atoms with Crippen molar-refractivity contribution in [2.75, 3.05) is 66.0 Å². The molecule has 6 aliphatic rings. The summed E-state index contributed by atoms with van der Waals surface area (Å²) in [6.07, 6.45) is 4.01. The second-order valence-corrected chi connectivity index (χ2v) is 18.7. The van der Waals surface area contributed by atoms with Crippen LogP contribution in [0.5, 0.6) is 5.75 Å². The van der Waals surface area contributed by atoms with Gasteiger partial charge in [0.2, 0.25) is 11.5 Å². The first-order valence-corrected chi connectivity index (χ1v) is 21.1. The fraction of sp³-hybridized carbons (Fsp3) is 0.587. The summed E-state index contributed by atoms with van der Waals surface area (Å²) in [5.41, 5.74) is -0.540. The minimum Gasteiger partial charge on any atom is -0.496 e. The number of ether oxygens (including phenoxy) is 4. The van der Waals surface area contributed by atoms with E-state index in [0.29, 0.717) is 61.7 Å². The molecule has 0 radical (unpaired) electrons. The number of aryl methyl sites for hydroxylation is 1. The van der Waals surface area contributed by atoms with E-state index < -0.39 is 63.7 Å². The third kappa shape index (κ3) is 5.38. The number of methoxy groups -OCH3 is 3. The summed E-state index contributed by atoms with van der Waals surface area (Å²) in [4.78, 5) is 52.5. The molecule has 322 valence electrons. The molecule has 2 aromatic carbocycles. The van der Waals surface area contributed by atoms with E-state index >= 15 is 13.6 Å². The van der Waals surface area contributed by atoms with Gasteiger partial charge in [0.05, 0.1) is 27.4 Å². The molecule has 2 bridgehead atoms. The molecule has 9 rings (SSSR count). The highest BCUT2D eigenvalue weighted by Crippen LogP contribution is 2.67. The number of alkyl halides is 2. The Hall–Kier alpha value is -4.53. The molecule has 3 fully saturated rings. The monoisotopic (exact) mass is 830 g/mol. The van der Waals surface area contributed by atoms with Crippen molar-refractivity contribution in [3.8, 4) is 5.75 Å². The van der Waals surface area contributed by atoms with Crippen LogP contribution in [0.2, 0.25) is 0 Å². The second kappa shape index (κ2) is 13.7. The Balaban J connectivity index is 1.35. The van der Waals surface area contributed by atoms with Gasteiger partial charge in [0.1, 0.15) is 11.2 Å². The zero-order chi connectivity index (χ0) is 42.9. The first kappa shape index (κ1) is 40.9. The number of esters is 3. The maximum absolute atomic E-state index is 15.4. The van der Waals surface area contributed by atoms with E-state index in [-0.39, 0.29) is 31.3 Å². The number of carbonyl (C=O) groups excluding carboxylic acids is 3. The Labute approximate surface area is 349 Å². The number of rotatable bonds is 6. The average Bonchev–Trinajstić information content (AvgIpc) is 3.86. The lowest BCUT2D eigenvalue weighted by Gasteiger charge is -2.62. The minimum absolute atomic E-state index is 0.152. The van der Waals surface area contributed by atoms with Crippen LogP contribution in [-0.2, 0) is 45.8 Å². The van der Waals surface area contributed by atoms with Gasteiger partial charge in [-0.15, -0.1) is 0 Å². The highest BCUT2D eigenvalue weighted by Gasteiger charge is 2.80. The topological polar surface area (TPSA) is 134 Å². The number of piperidine rings is 1. The van der Waals surface area contributed by atoms with Gasteiger partial charge < -0.3 is 38.8 Å². The van der Waals surface area contributed by atoms with Crippen molar-refractivity contribution in [1.82, 2.24) is 14.8 Å². The number of likely N-dealkylation sites (N-methyl/N-ethyl adjacent to an activating group) is 1. The van der Waals surface area contributed by atoms with Crippen LogP contribution >= 0.6 is 0 Å². The predicted molar refractivity (Wildman–Crippen MR) is 219 cm³/mol. The summed E-state index contributed by atoms with van der Waals surface area (Å²) in [5, 5.41) is 14.2. The van der Waals surface area contributed by atoms with E-state index in [1.54, 1.807) is 7.11 Å². The van der Waals surface area contributed by atoms with Gasteiger partial charge in [-0.2, -0.15) is 0 Å². The van der Waals surface area contributed by atoms with Gasteiger partial charge in [0.25, 0.3) is 0 Å². The smallest absolute Gasteiger partial charge is 0.344 e. The lowest BCUT2D eigenvalue weighted by Crippen LogP contribution is -2.81. The molecule has 14 heteroatoms. The Morgan fingerprint density at radius 2 is 1.75 bits per heavy atom. The van der Waals surface area contributed by atoms with Gasteiger partial charge in [0, 0.05) is 96.9 Å². The first-order chi connectivity index (χ1) is 28.4. The van der Waals surface area contributed by atoms with Crippen molar-refractivity contribution < 1.29 is 47.2 Å². The number of H-pyrrole nitrogens is 1. The van der Waals surface area contributed by atoms with Gasteiger partial charge in [-0.3, -0.25) is 14.5 Å². The molecule has 12 nitrogen and oxygen atoms in total. The number of hydrogen-bond acceptors (Lipinski definition) is 11. The molecule has 1 aliphatic carbocycles. The Morgan fingerprint density at radius 3 is 2.43 bits per heavy atom. The lowest BCUT2D eigenvalue weighted by molar-refractivity contribution is -0.225. The predicted octanol–water partition coefficient (Wildman–Crippen LogP) is 5.04. The molecule has 0 amide bonds. The molecule has 2 unspecified atom stereocenters. The van der Waals surface area contributed by atoms with Crippen LogP contribution in [-0.4, -0.2) is 129 Å². The number of carbonyl (C=O) groups is 3. The van der Waals surface area contributed by atoms with Crippen molar-refractivity contribution in [2.24, 2.45) is 17.3 Å². The van der Waals surface area contributed by atoms with Crippen molar-refractivity contribution in [3.05, 3.63) is 70.4 Å². The van der Waals surface area contributed by atoms with Crippen LogP contribution in [0, 0.1) is 24.2 Å². The molecule has 3 aromatic rings. The Morgan fingerprint density at radius 1 is 1.00 bits per heavy atom. The summed E-state index contributed by atoms with van der Waals surface area (Å²) in [7, 11) is 5.94. The number of nitrogens with zero attached hydrogens (tertiary/aromatic N) is 3. The standard InChI is InChI=1S/C46H56F2N4O8/c1-25-10-11-33-30(18-25)29-12-16-51-23-27(19-28(24-51)43(4,47)48)22-45(36(29)49-33,40(54)58-7)32-20-31-34(21-35(32)57-6)50(5)38-44(31)14-17-52-15-9-13-42(3,37(44)52)39(60-26(2)53)46(38,56)41(55)59-8/h9-11,13,18,20-21,27-28,37-39,49,56H,12,14-17,19,22-24H2,1-8H3/t27-,28?,37+,38-,39-,42-,44-,45+,46+/m1/s1. The van der Waals surface area contributed by atoms with E-state index in [9.17, 15) is 14.7 Å². The molecule has 1 spiro atoms. The van der Waals surface area contributed by atoms with Crippen molar-refractivity contribution in [3.63, 3.8) is 0 Å². The Bertz CT molecular complexity index is 2330. The number of anilines is 1. The number of aromatic nitrogens is 1. The lowest BCUT2D eigenvalue weighted by atomic mass is 9.49. The summed E-state index contributed by atoms with van der Waals surface area (Å²) >= 11 is 0. The molecule has 10 atom stereocenters. The maximum atomic E-state index is 15.4. The van der Waals surface area contributed by atoms with Crippen LogP contribution in [0.25, 0.3) is 10.9 Å². The van der Waals surface area contributed by atoms with Gasteiger partial charge in [-0.25, -0.2) is 13.6 Å². The van der Waals surface area contributed by atoms with Crippen molar-refractivity contribution in [1.29, 1.82) is 0 Å². The van der Waals surface area contributed by atoms with Crippen molar-refractivity contribution in [2.45, 2.75) is 93.9 Å². The SMILES string of the molecule is COC(=O)[C@]1(c2cc3c(cc2OC)N(C)[C@H]2[C@@](O)(C(=O)OC)[C@H](OC(C)=O)[C@]4(C)C=CCN5CC[C@]32[C@@H]54)C[C@H]2CC(C(C)(F)F)CN(CCc3c1[nH]c1ccc(C)cc31)C2. The summed E-state index contributed by atoms with van der Waals surface area (Å²) < 4.78 is 54.4. The first-order valence-electron chi connectivity index (χ1n) is 21.1. The summed E-state index contributed by atoms with van der Waals surface area (Å²) in [6, 6.07) is 8.66. The van der Waals surface area contributed by atoms with Gasteiger partial charge in [-0.1, -0.05) is 30.7 Å². The highest BCUT2D eigenvalue weighted by atomic mass is 19.3. The van der Waals surface area contributed by atoms with Gasteiger partial charge in [-0.05, 0) is 81.3 Å². The van der Waals surface area contributed by atoms with Crippen LogP contribution < -0.4 is 9.64 Å². The molecule has 60 heavy (non-hydrogen) atoms. The number of benzene rings is 2. The normalized spacial score (nSPS) is 35.6. The van der Waals surface area contributed by atoms with E-state index in [4.69, 9.17) is 18.9 Å². The molecule has 5 aliphatic heterocycles. The third-order valence-electron chi connectivity index (χ3n) is 15.4. The quantitative estimate of drug-likeness (QED) is 0.197. The highest BCUT2D eigenvalue weighted by molar-refractivity contribution is 5.95. The molecule has 1 saturated carbocycles. The largest absolute Gasteiger partial charge is 0.496 e. The van der Waals surface area contributed by atoms with E-state index in [1.165, 1.54) is 21.1 Å². The second-order valence-electron chi connectivity index (χ2n) is 18.7. The zero-order valence-electron chi connectivity index (χ0n) is 35.7. The molecule has 6 heterocycles. The number of halogens is 2. The van der Waals surface area contributed by atoms with Crippen LogP contribution in [0.15, 0.2) is 42.5 Å². The van der Waals surface area contributed by atoms with Crippen molar-refractivity contribution >= 4 is 34.5 Å². The summed E-state index contributed by atoms with van der Waals surface area (Å²) in [5.74, 6) is -5.93. The molecular weight excluding hydrogens is 775 g/mol. The summed E-state index contributed by atoms with van der Waals surface area (Å²) in [6.45, 7) is 8.73. The molecule has 2 N–H and O–H groups in total. The number of aromatic amines is 1. The number of fused-ring (bicyclic) bond motifs is 6. The molecular formula is C46H56F2N4O8. The number of nitrogens with one attached hydrogen (secondary N) is 1. The fourth-order valence-electron chi connectivity index (χ4n) is 13.3. The van der Waals surface area contributed by atoms with Crippen LogP contribution in [0.4, 0.5) is 14.5 Å². The number of hydrogen-bond donors (Lipinski definition) is 2. The molecule has 1 aromatic heterocycles. The Kier molecular flexibility index (Phi) is 9.35. The van der Waals surface area contributed by atoms with Crippen LogP contribution in [0.3, 0.4) is 0 Å². The molecule has 2 saturated heterocycles. The average molecular weight is 831 g/mol. The third-order valence-corrected chi connectivity index (χ3v) is 15.4. The van der Waals surface area contributed by atoms with Crippen LogP contribution in [0.1, 0.15) is 68.0 Å². The van der Waals surface area contributed by atoms with E-state index in [2.05, 4.69) is 20.9 Å². The fourth-order valence-corrected chi connectivity index (χ4v) is 13.3. The van der Waals surface area contributed by atoms with E-state index in [1.807, 2.05) is 62.2 Å². The van der Waals surface area contributed by atoms with E-state index in [0.717, 1.165) is 34.5 Å².